The third kappa shape index (κ3) is 2.93. The first-order chi connectivity index (χ1) is 9.50. The molecule has 0 radical (unpaired) electrons. The molecule has 104 valence electrons. The second-order valence-electron chi connectivity index (χ2n) is 4.90. The van der Waals surface area contributed by atoms with Crippen LogP contribution in [0.2, 0.25) is 0 Å². The molecule has 0 spiro atoms. The van der Waals surface area contributed by atoms with Crippen LogP contribution in [0.5, 0.6) is 0 Å². The number of carbonyl (C=O) groups is 1. The molecule has 0 saturated heterocycles. The molecule has 0 bridgehead atoms. The van der Waals surface area contributed by atoms with Crippen molar-refractivity contribution in [2.45, 2.75) is 26.7 Å². The van der Waals surface area contributed by atoms with Crippen LogP contribution in [0, 0.1) is 25.5 Å². The molecule has 2 aromatic rings. The lowest BCUT2D eigenvalue weighted by Gasteiger charge is -2.08. The number of rotatable bonds is 4. The SMILES string of the molecule is Cc1ccccc1CCC(=O)c1c(F)ccc(C)c1F. The van der Waals surface area contributed by atoms with Crippen molar-refractivity contribution in [3.63, 3.8) is 0 Å². The number of carbonyl (C=O) groups excluding carboxylic acids is 1. The second kappa shape index (κ2) is 5.95. The van der Waals surface area contributed by atoms with Crippen LogP contribution in [-0.4, -0.2) is 5.78 Å². The molecule has 0 amide bonds. The number of Topliss-reactive ketones (excluding diaryl/α,β-unsaturated/α-hetero) is 1. The number of ketones is 1. The monoisotopic (exact) mass is 274 g/mol. The molecule has 1 nitrogen and oxygen atoms in total. The van der Waals surface area contributed by atoms with Gasteiger partial charge in [0.25, 0.3) is 0 Å². The van der Waals surface area contributed by atoms with E-state index in [0.29, 0.717) is 6.42 Å². The third-order valence-electron chi connectivity index (χ3n) is 3.45. The Bertz CT molecular complexity index is 647. The molecule has 2 rings (SSSR count). The van der Waals surface area contributed by atoms with Gasteiger partial charge in [-0.05, 0) is 43.0 Å². The van der Waals surface area contributed by atoms with Crippen molar-refractivity contribution in [2.24, 2.45) is 0 Å². The normalized spacial score (nSPS) is 10.6. The van der Waals surface area contributed by atoms with E-state index in [1.54, 1.807) is 0 Å². The molecule has 0 atom stereocenters. The molecular formula is C17H16F2O. The minimum Gasteiger partial charge on any atom is -0.294 e. The highest BCUT2D eigenvalue weighted by atomic mass is 19.1. The fraction of sp³-hybridized carbons (Fsp3) is 0.235. The lowest BCUT2D eigenvalue weighted by Crippen LogP contribution is -2.09. The molecule has 2 aromatic carbocycles. The van der Waals surface area contributed by atoms with Crippen LogP contribution in [-0.2, 0) is 6.42 Å². The van der Waals surface area contributed by atoms with E-state index in [4.69, 9.17) is 0 Å². The van der Waals surface area contributed by atoms with Gasteiger partial charge in [-0.25, -0.2) is 8.78 Å². The molecule has 0 heterocycles. The van der Waals surface area contributed by atoms with Gasteiger partial charge in [0, 0.05) is 6.42 Å². The molecule has 0 saturated carbocycles. The Morgan fingerprint density at radius 3 is 2.40 bits per heavy atom. The Morgan fingerprint density at radius 1 is 1.00 bits per heavy atom. The lowest BCUT2D eigenvalue weighted by atomic mass is 9.98. The van der Waals surface area contributed by atoms with Crippen molar-refractivity contribution in [3.8, 4) is 0 Å². The molecule has 0 aliphatic rings. The van der Waals surface area contributed by atoms with E-state index in [2.05, 4.69) is 0 Å². The predicted molar refractivity (Wildman–Crippen MR) is 74.9 cm³/mol. The molecule has 20 heavy (non-hydrogen) atoms. The molecule has 0 unspecified atom stereocenters. The fourth-order valence-electron chi connectivity index (χ4n) is 2.18. The van der Waals surface area contributed by atoms with Gasteiger partial charge in [-0.1, -0.05) is 30.3 Å². The number of hydrogen-bond acceptors (Lipinski definition) is 1. The van der Waals surface area contributed by atoms with Gasteiger partial charge in [0.15, 0.2) is 5.78 Å². The summed E-state index contributed by atoms with van der Waals surface area (Å²) in [7, 11) is 0. The smallest absolute Gasteiger partial charge is 0.169 e. The van der Waals surface area contributed by atoms with Crippen LogP contribution < -0.4 is 0 Å². The third-order valence-corrected chi connectivity index (χ3v) is 3.45. The molecular weight excluding hydrogens is 258 g/mol. The number of benzene rings is 2. The summed E-state index contributed by atoms with van der Waals surface area (Å²) >= 11 is 0. The molecule has 0 N–H and O–H groups in total. The first kappa shape index (κ1) is 14.4. The van der Waals surface area contributed by atoms with Gasteiger partial charge in [0.2, 0.25) is 0 Å². The van der Waals surface area contributed by atoms with E-state index in [9.17, 15) is 13.6 Å². The Kier molecular flexibility index (Phi) is 4.28. The van der Waals surface area contributed by atoms with Crippen LogP contribution in [0.1, 0.15) is 33.5 Å². The van der Waals surface area contributed by atoms with Gasteiger partial charge >= 0.3 is 0 Å². The molecule has 0 fully saturated rings. The Labute approximate surface area is 117 Å². The zero-order valence-electron chi connectivity index (χ0n) is 11.5. The molecule has 0 aliphatic heterocycles. The average molecular weight is 274 g/mol. The predicted octanol–water partition coefficient (Wildman–Crippen LogP) is 4.40. The number of aryl methyl sites for hydroxylation is 3. The van der Waals surface area contributed by atoms with E-state index in [-0.39, 0.29) is 12.0 Å². The van der Waals surface area contributed by atoms with E-state index in [1.807, 2.05) is 31.2 Å². The second-order valence-corrected chi connectivity index (χ2v) is 4.90. The summed E-state index contributed by atoms with van der Waals surface area (Å²) in [5.41, 5.74) is 1.96. The van der Waals surface area contributed by atoms with Gasteiger partial charge in [0.1, 0.15) is 11.6 Å². The minimum atomic E-state index is -0.789. The number of hydrogen-bond donors (Lipinski definition) is 0. The zero-order valence-corrected chi connectivity index (χ0v) is 11.5. The highest BCUT2D eigenvalue weighted by molar-refractivity contribution is 5.96. The van der Waals surface area contributed by atoms with E-state index in [1.165, 1.54) is 13.0 Å². The average Bonchev–Trinajstić information content (AvgIpc) is 2.42. The van der Waals surface area contributed by atoms with E-state index < -0.39 is 23.0 Å². The topological polar surface area (TPSA) is 17.1 Å². The molecule has 0 aliphatic carbocycles. The van der Waals surface area contributed by atoms with E-state index in [0.717, 1.165) is 17.2 Å². The van der Waals surface area contributed by atoms with Gasteiger partial charge in [-0.3, -0.25) is 4.79 Å². The van der Waals surface area contributed by atoms with Crippen LogP contribution in [0.4, 0.5) is 8.78 Å². The molecule has 3 heteroatoms. The van der Waals surface area contributed by atoms with Crippen LogP contribution in [0.3, 0.4) is 0 Å². The lowest BCUT2D eigenvalue weighted by molar-refractivity contribution is 0.0974. The first-order valence-electron chi connectivity index (χ1n) is 6.53. The maximum absolute atomic E-state index is 13.9. The standard InChI is InChI=1S/C17H16F2O/c1-11-5-3-4-6-13(11)8-10-15(20)16-14(18)9-7-12(2)17(16)19/h3-7,9H,8,10H2,1-2H3. The van der Waals surface area contributed by atoms with Gasteiger partial charge in [-0.2, -0.15) is 0 Å². The summed E-state index contributed by atoms with van der Waals surface area (Å²) in [5.74, 6) is -2.03. The quantitative estimate of drug-likeness (QED) is 0.755. The Balaban J connectivity index is 2.18. The van der Waals surface area contributed by atoms with Crippen molar-refractivity contribution in [2.75, 3.05) is 0 Å². The van der Waals surface area contributed by atoms with Gasteiger partial charge < -0.3 is 0 Å². The number of halogens is 2. The van der Waals surface area contributed by atoms with Crippen molar-refractivity contribution in [1.82, 2.24) is 0 Å². The minimum absolute atomic E-state index is 0.0994. The summed E-state index contributed by atoms with van der Waals surface area (Å²) in [6.45, 7) is 3.47. The summed E-state index contributed by atoms with van der Waals surface area (Å²) in [4.78, 5) is 12.0. The highest BCUT2D eigenvalue weighted by Crippen LogP contribution is 2.19. The fourth-order valence-corrected chi connectivity index (χ4v) is 2.18. The van der Waals surface area contributed by atoms with Crippen LogP contribution in [0.15, 0.2) is 36.4 Å². The highest BCUT2D eigenvalue weighted by Gasteiger charge is 2.18. The van der Waals surface area contributed by atoms with Gasteiger partial charge in [-0.15, -0.1) is 0 Å². The maximum atomic E-state index is 13.9. The molecule has 0 aromatic heterocycles. The van der Waals surface area contributed by atoms with Crippen molar-refractivity contribution < 1.29 is 13.6 Å². The summed E-state index contributed by atoms with van der Waals surface area (Å²) in [5, 5.41) is 0. The summed E-state index contributed by atoms with van der Waals surface area (Å²) < 4.78 is 27.5. The summed E-state index contributed by atoms with van der Waals surface area (Å²) in [6, 6.07) is 10.2. The van der Waals surface area contributed by atoms with Crippen LogP contribution in [0.25, 0.3) is 0 Å². The van der Waals surface area contributed by atoms with Crippen molar-refractivity contribution >= 4 is 5.78 Å². The summed E-state index contributed by atoms with van der Waals surface area (Å²) in [6.07, 6.45) is 0.584. The zero-order chi connectivity index (χ0) is 14.7. The largest absolute Gasteiger partial charge is 0.294 e. The van der Waals surface area contributed by atoms with Crippen molar-refractivity contribution in [3.05, 3.63) is 70.3 Å². The first-order valence-corrected chi connectivity index (χ1v) is 6.53. The Morgan fingerprint density at radius 2 is 1.70 bits per heavy atom. The van der Waals surface area contributed by atoms with Crippen molar-refractivity contribution in [1.29, 1.82) is 0 Å². The van der Waals surface area contributed by atoms with E-state index >= 15 is 0 Å². The van der Waals surface area contributed by atoms with Gasteiger partial charge in [0.05, 0.1) is 5.56 Å². The Hall–Kier alpha value is -2.03. The maximum Gasteiger partial charge on any atom is 0.169 e. The van der Waals surface area contributed by atoms with Crippen LogP contribution >= 0.6 is 0 Å².